The van der Waals surface area contributed by atoms with Crippen molar-refractivity contribution < 1.29 is 4.79 Å². The molecule has 0 radical (unpaired) electrons. The summed E-state index contributed by atoms with van der Waals surface area (Å²) in [6.07, 6.45) is 0. The van der Waals surface area contributed by atoms with Crippen LogP contribution in [0, 0.1) is 13.8 Å². The minimum atomic E-state index is -0.289. The fourth-order valence-corrected chi connectivity index (χ4v) is 4.38. The Kier molecular flexibility index (Phi) is 7.40. The van der Waals surface area contributed by atoms with Crippen LogP contribution in [0.25, 0.3) is 0 Å². The summed E-state index contributed by atoms with van der Waals surface area (Å²) in [7, 11) is 0. The molecule has 0 aliphatic rings. The summed E-state index contributed by atoms with van der Waals surface area (Å²) in [4.78, 5) is 32.2. The first-order valence-corrected chi connectivity index (χ1v) is 11.8. The van der Waals surface area contributed by atoms with Gasteiger partial charge in [-0.05, 0) is 58.3 Å². The van der Waals surface area contributed by atoms with Crippen LogP contribution in [0.5, 0.6) is 0 Å². The summed E-state index contributed by atoms with van der Waals surface area (Å²) in [5.74, 6) is 0.154. The van der Waals surface area contributed by atoms with Crippen molar-refractivity contribution in [1.29, 1.82) is 0 Å². The Morgan fingerprint density at radius 2 is 1.47 bits per heavy atom. The van der Waals surface area contributed by atoms with Gasteiger partial charge in [-0.3, -0.25) is 9.59 Å². The largest absolute Gasteiger partial charge is 0.361 e. The molecule has 1 amide bonds. The predicted octanol–water partition coefficient (Wildman–Crippen LogP) is 6.85. The smallest absolute Gasteiger partial charge is 0.264 e. The number of pyridine rings is 1. The van der Waals surface area contributed by atoms with Crippen LogP contribution >= 0.6 is 15.9 Å². The van der Waals surface area contributed by atoms with Gasteiger partial charge in [-0.1, -0.05) is 76.2 Å². The van der Waals surface area contributed by atoms with E-state index >= 15 is 0 Å². The zero-order valence-electron chi connectivity index (χ0n) is 19.6. The average molecular weight is 495 g/mol. The van der Waals surface area contributed by atoms with E-state index in [1.807, 2.05) is 37.3 Å². The lowest BCUT2D eigenvalue weighted by molar-refractivity contribution is 0.0982. The number of aromatic nitrogens is 1. The van der Waals surface area contributed by atoms with E-state index in [-0.39, 0.29) is 28.7 Å². The molecule has 0 fully saturated rings. The Morgan fingerprint density at radius 1 is 0.906 bits per heavy atom. The molecule has 5 heteroatoms. The third-order valence-corrected chi connectivity index (χ3v) is 6.72. The minimum absolute atomic E-state index is 0.173. The van der Waals surface area contributed by atoms with Crippen LogP contribution in [0.4, 0.5) is 5.69 Å². The van der Waals surface area contributed by atoms with Crippen molar-refractivity contribution in [3.05, 3.63) is 96.9 Å². The number of benzene rings is 2. The van der Waals surface area contributed by atoms with Crippen LogP contribution in [0.15, 0.2) is 57.8 Å². The molecule has 0 unspecified atom stereocenters. The summed E-state index contributed by atoms with van der Waals surface area (Å²) in [5, 5.41) is 0. The second-order valence-corrected chi connectivity index (χ2v) is 9.66. The Bertz CT molecular complexity index is 1150. The number of nitrogens with one attached hydrogen (secondary N) is 1. The SMILES string of the molecule is Cc1[nH]c(C)c(C(=O)N(Cc2ccccc2)c2c(C(C)C)cccc2C(C)C)c(=O)c1Br. The van der Waals surface area contributed by atoms with E-state index in [0.29, 0.717) is 22.4 Å². The van der Waals surface area contributed by atoms with Crippen molar-refractivity contribution in [1.82, 2.24) is 4.98 Å². The lowest BCUT2D eigenvalue weighted by Gasteiger charge is -2.30. The number of rotatable bonds is 6. The molecule has 1 heterocycles. The number of amides is 1. The lowest BCUT2D eigenvalue weighted by atomic mass is 9.91. The van der Waals surface area contributed by atoms with E-state index in [4.69, 9.17) is 0 Å². The second kappa shape index (κ2) is 9.86. The summed E-state index contributed by atoms with van der Waals surface area (Å²) in [5.41, 5.74) is 5.29. The molecule has 1 N–H and O–H groups in total. The molecule has 1 aromatic heterocycles. The maximum absolute atomic E-state index is 14.1. The average Bonchev–Trinajstić information content (AvgIpc) is 2.76. The standard InChI is InChI=1S/C27H31BrN2O2/c1-16(2)21-13-10-14-22(17(3)4)25(21)30(15-20-11-8-7-9-12-20)27(32)23-18(5)29-19(6)24(28)26(23)31/h7-14,16-17H,15H2,1-6H3,(H,29,31). The number of carbonyl (C=O) groups is 1. The summed E-state index contributed by atoms with van der Waals surface area (Å²) >= 11 is 3.37. The van der Waals surface area contributed by atoms with Crippen molar-refractivity contribution in [3.8, 4) is 0 Å². The van der Waals surface area contributed by atoms with Gasteiger partial charge in [0.15, 0.2) is 0 Å². The molecular formula is C27H31BrN2O2. The summed E-state index contributed by atoms with van der Waals surface area (Å²) < 4.78 is 0.396. The second-order valence-electron chi connectivity index (χ2n) is 8.86. The molecule has 32 heavy (non-hydrogen) atoms. The number of hydrogen-bond acceptors (Lipinski definition) is 2. The highest BCUT2D eigenvalue weighted by Crippen LogP contribution is 2.37. The number of anilines is 1. The normalized spacial score (nSPS) is 11.3. The Balaban J connectivity index is 2.30. The van der Waals surface area contributed by atoms with E-state index in [1.165, 1.54) is 0 Å². The minimum Gasteiger partial charge on any atom is -0.361 e. The van der Waals surface area contributed by atoms with Crippen LogP contribution in [-0.4, -0.2) is 10.9 Å². The molecular weight excluding hydrogens is 464 g/mol. The molecule has 3 aromatic rings. The van der Waals surface area contributed by atoms with Crippen molar-refractivity contribution in [2.45, 2.75) is 59.9 Å². The van der Waals surface area contributed by atoms with E-state index in [0.717, 1.165) is 22.4 Å². The molecule has 168 valence electrons. The number of halogens is 1. The maximum atomic E-state index is 14.1. The fraction of sp³-hybridized carbons (Fsp3) is 0.333. The van der Waals surface area contributed by atoms with Crippen molar-refractivity contribution >= 4 is 27.5 Å². The number of aromatic amines is 1. The quantitative estimate of drug-likeness (QED) is 0.407. The number of carbonyl (C=O) groups excluding carboxylic acids is 1. The molecule has 4 nitrogen and oxygen atoms in total. The Labute approximate surface area is 198 Å². The fourth-order valence-electron chi connectivity index (χ4n) is 4.08. The van der Waals surface area contributed by atoms with Crippen LogP contribution in [0.1, 0.15) is 78.0 Å². The molecule has 0 bridgehead atoms. The molecule has 0 aliphatic carbocycles. The van der Waals surface area contributed by atoms with Gasteiger partial charge in [0, 0.05) is 11.4 Å². The Morgan fingerprint density at radius 3 is 2.00 bits per heavy atom. The lowest BCUT2D eigenvalue weighted by Crippen LogP contribution is -2.37. The van der Waals surface area contributed by atoms with Gasteiger partial charge in [-0.15, -0.1) is 0 Å². The maximum Gasteiger partial charge on any atom is 0.264 e. The third-order valence-electron chi connectivity index (χ3n) is 5.76. The van der Waals surface area contributed by atoms with E-state index in [1.54, 1.807) is 11.8 Å². The molecule has 0 saturated carbocycles. The highest BCUT2D eigenvalue weighted by Gasteiger charge is 2.29. The van der Waals surface area contributed by atoms with E-state index < -0.39 is 0 Å². The van der Waals surface area contributed by atoms with Gasteiger partial charge in [-0.25, -0.2) is 0 Å². The zero-order chi connectivity index (χ0) is 23.6. The van der Waals surface area contributed by atoms with Gasteiger partial charge in [0.25, 0.3) is 5.91 Å². The number of nitrogens with zero attached hydrogens (tertiary/aromatic N) is 1. The number of para-hydroxylation sites is 1. The number of hydrogen-bond donors (Lipinski definition) is 1. The van der Waals surface area contributed by atoms with Crippen molar-refractivity contribution in [3.63, 3.8) is 0 Å². The summed E-state index contributed by atoms with van der Waals surface area (Å²) in [6.45, 7) is 12.5. The van der Waals surface area contributed by atoms with Gasteiger partial charge in [0.1, 0.15) is 5.56 Å². The van der Waals surface area contributed by atoms with E-state index in [9.17, 15) is 9.59 Å². The molecule has 0 saturated heterocycles. The molecule has 0 spiro atoms. The Hall–Kier alpha value is -2.66. The van der Waals surface area contributed by atoms with Gasteiger partial charge in [-0.2, -0.15) is 0 Å². The summed E-state index contributed by atoms with van der Waals surface area (Å²) in [6, 6.07) is 16.1. The predicted molar refractivity (Wildman–Crippen MR) is 136 cm³/mol. The first-order valence-electron chi connectivity index (χ1n) is 11.0. The number of H-pyrrole nitrogens is 1. The van der Waals surface area contributed by atoms with Crippen LogP contribution < -0.4 is 10.3 Å². The topological polar surface area (TPSA) is 53.2 Å². The van der Waals surface area contributed by atoms with Gasteiger partial charge in [0.2, 0.25) is 5.43 Å². The first-order chi connectivity index (χ1) is 15.1. The van der Waals surface area contributed by atoms with Crippen LogP contribution in [0.3, 0.4) is 0 Å². The first kappa shape index (κ1) is 24.0. The van der Waals surface area contributed by atoms with Crippen molar-refractivity contribution in [2.75, 3.05) is 4.90 Å². The molecule has 3 rings (SSSR count). The van der Waals surface area contributed by atoms with Gasteiger partial charge < -0.3 is 9.88 Å². The van der Waals surface area contributed by atoms with Crippen LogP contribution in [-0.2, 0) is 6.54 Å². The molecule has 0 aliphatic heterocycles. The zero-order valence-corrected chi connectivity index (χ0v) is 21.2. The highest BCUT2D eigenvalue weighted by molar-refractivity contribution is 9.10. The number of aryl methyl sites for hydroxylation is 2. The van der Waals surface area contributed by atoms with E-state index in [2.05, 4.69) is 66.8 Å². The monoisotopic (exact) mass is 494 g/mol. The van der Waals surface area contributed by atoms with Crippen molar-refractivity contribution in [2.24, 2.45) is 0 Å². The molecule has 2 aromatic carbocycles. The van der Waals surface area contributed by atoms with Gasteiger partial charge >= 0.3 is 0 Å². The van der Waals surface area contributed by atoms with Crippen LogP contribution in [0.2, 0.25) is 0 Å². The van der Waals surface area contributed by atoms with Gasteiger partial charge in [0.05, 0.1) is 16.7 Å². The highest BCUT2D eigenvalue weighted by atomic mass is 79.9. The molecule has 0 atom stereocenters. The third kappa shape index (κ3) is 4.73.